The molecule has 2 aromatic rings. The van der Waals surface area contributed by atoms with Gasteiger partial charge < -0.3 is 5.73 Å². The zero-order chi connectivity index (χ0) is 9.80. The van der Waals surface area contributed by atoms with Gasteiger partial charge in [-0.3, -0.25) is 0 Å². The van der Waals surface area contributed by atoms with Crippen molar-refractivity contribution in [1.82, 2.24) is 4.98 Å². The second-order valence-corrected chi connectivity index (χ2v) is 5.14. The normalized spacial score (nSPS) is 10.9. The zero-order valence-electron chi connectivity index (χ0n) is 7.77. The van der Waals surface area contributed by atoms with E-state index in [-0.39, 0.29) is 0 Å². The molecular formula is C10H12N2S2. The number of aromatic nitrogens is 1. The maximum Gasteiger partial charge on any atom is 0.104 e. The van der Waals surface area contributed by atoms with Crippen molar-refractivity contribution < 1.29 is 0 Å². The van der Waals surface area contributed by atoms with Crippen LogP contribution in [-0.2, 0) is 5.75 Å². The summed E-state index contributed by atoms with van der Waals surface area (Å²) >= 11 is 3.62. The summed E-state index contributed by atoms with van der Waals surface area (Å²) < 4.78 is 1.27. The first-order chi connectivity index (χ1) is 6.90. The van der Waals surface area contributed by atoms with Gasteiger partial charge in [-0.15, -0.1) is 11.3 Å². The summed E-state index contributed by atoms with van der Waals surface area (Å²) in [5, 5.41) is 1.20. The van der Waals surface area contributed by atoms with Crippen LogP contribution in [0.5, 0.6) is 0 Å². The Morgan fingerprint density at radius 2 is 2.21 bits per heavy atom. The molecule has 1 aromatic carbocycles. The van der Waals surface area contributed by atoms with Crippen molar-refractivity contribution in [2.75, 3.05) is 12.3 Å². The Morgan fingerprint density at radius 3 is 3.00 bits per heavy atom. The maximum absolute atomic E-state index is 5.43. The Bertz CT molecular complexity index is 378. The zero-order valence-corrected chi connectivity index (χ0v) is 9.40. The van der Waals surface area contributed by atoms with Crippen LogP contribution < -0.4 is 5.73 Å². The van der Waals surface area contributed by atoms with Crippen molar-refractivity contribution in [1.29, 1.82) is 0 Å². The summed E-state index contributed by atoms with van der Waals surface area (Å²) in [5.41, 5.74) is 6.54. The second-order valence-electron chi connectivity index (χ2n) is 2.92. The molecule has 0 bridgehead atoms. The lowest BCUT2D eigenvalue weighted by molar-refractivity contribution is 1.15. The molecule has 0 spiro atoms. The number of nitrogens with two attached hydrogens (primary N) is 1. The van der Waals surface area contributed by atoms with Gasteiger partial charge in [-0.1, -0.05) is 12.1 Å². The van der Waals surface area contributed by atoms with Crippen LogP contribution in [0.2, 0.25) is 0 Å². The van der Waals surface area contributed by atoms with Gasteiger partial charge in [-0.25, -0.2) is 4.98 Å². The van der Waals surface area contributed by atoms with Crippen LogP contribution in [0.15, 0.2) is 24.3 Å². The number of hydrogen-bond donors (Lipinski definition) is 1. The van der Waals surface area contributed by atoms with Gasteiger partial charge in [0.15, 0.2) is 0 Å². The van der Waals surface area contributed by atoms with Crippen LogP contribution in [0.25, 0.3) is 10.2 Å². The summed E-state index contributed by atoms with van der Waals surface area (Å²) in [4.78, 5) is 4.54. The number of thiazole rings is 1. The molecule has 74 valence electrons. The minimum absolute atomic E-state index is 0.746. The van der Waals surface area contributed by atoms with E-state index in [9.17, 15) is 0 Å². The molecule has 0 radical (unpaired) electrons. The summed E-state index contributed by atoms with van der Waals surface area (Å²) in [6.45, 7) is 0.746. The summed E-state index contributed by atoms with van der Waals surface area (Å²) in [5.74, 6) is 1.99. The quantitative estimate of drug-likeness (QED) is 0.811. The van der Waals surface area contributed by atoms with Crippen molar-refractivity contribution in [3.8, 4) is 0 Å². The van der Waals surface area contributed by atoms with Crippen molar-refractivity contribution in [3.05, 3.63) is 29.3 Å². The highest BCUT2D eigenvalue weighted by molar-refractivity contribution is 7.98. The standard InChI is InChI=1S/C10H12N2S2/c11-5-6-13-7-10-12-8-3-1-2-4-9(8)14-10/h1-4H,5-7,11H2. The molecule has 0 aliphatic carbocycles. The number of benzene rings is 1. The Balaban J connectivity index is 2.11. The first kappa shape index (κ1) is 9.96. The Labute approximate surface area is 91.5 Å². The lowest BCUT2D eigenvalue weighted by Crippen LogP contribution is -2.01. The Hall–Kier alpha value is -0.580. The lowest BCUT2D eigenvalue weighted by atomic mass is 10.3. The van der Waals surface area contributed by atoms with Crippen molar-refractivity contribution in [2.24, 2.45) is 5.73 Å². The average molecular weight is 224 g/mol. The molecule has 0 saturated carbocycles. The highest BCUT2D eigenvalue weighted by Crippen LogP contribution is 2.24. The SMILES string of the molecule is NCCSCc1nc2ccccc2s1. The minimum atomic E-state index is 0.746. The predicted octanol–water partition coefficient (Wildman–Crippen LogP) is 2.49. The molecular weight excluding hydrogens is 212 g/mol. The van der Waals surface area contributed by atoms with Crippen LogP contribution in [0.1, 0.15) is 5.01 Å². The van der Waals surface area contributed by atoms with Crippen molar-refractivity contribution >= 4 is 33.3 Å². The molecule has 0 amide bonds. The fourth-order valence-corrected chi connectivity index (χ4v) is 3.02. The van der Waals surface area contributed by atoms with Crippen molar-refractivity contribution in [3.63, 3.8) is 0 Å². The van der Waals surface area contributed by atoms with E-state index in [1.54, 1.807) is 11.3 Å². The van der Waals surface area contributed by atoms with E-state index >= 15 is 0 Å². The number of fused-ring (bicyclic) bond motifs is 1. The molecule has 0 fully saturated rings. The Morgan fingerprint density at radius 1 is 1.36 bits per heavy atom. The van der Waals surface area contributed by atoms with Gasteiger partial charge in [0.1, 0.15) is 5.01 Å². The Kier molecular flexibility index (Phi) is 3.39. The highest BCUT2D eigenvalue weighted by atomic mass is 32.2. The lowest BCUT2D eigenvalue weighted by Gasteiger charge is -1.93. The van der Waals surface area contributed by atoms with E-state index in [2.05, 4.69) is 23.2 Å². The smallest absolute Gasteiger partial charge is 0.104 e. The van der Waals surface area contributed by atoms with Crippen molar-refractivity contribution in [2.45, 2.75) is 5.75 Å². The van der Waals surface area contributed by atoms with Crippen LogP contribution in [0.3, 0.4) is 0 Å². The maximum atomic E-state index is 5.43. The van der Waals surface area contributed by atoms with Crippen LogP contribution in [0.4, 0.5) is 0 Å². The number of para-hydroxylation sites is 1. The molecule has 1 aromatic heterocycles. The van der Waals surface area contributed by atoms with E-state index in [1.807, 2.05) is 17.8 Å². The second kappa shape index (κ2) is 4.77. The predicted molar refractivity (Wildman–Crippen MR) is 64.8 cm³/mol. The fraction of sp³-hybridized carbons (Fsp3) is 0.300. The van der Waals surface area contributed by atoms with Gasteiger partial charge in [0.25, 0.3) is 0 Å². The first-order valence-corrected chi connectivity index (χ1v) is 6.49. The molecule has 4 heteroatoms. The van der Waals surface area contributed by atoms with E-state index in [1.165, 1.54) is 9.71 Å². The number of thioether (sulfide) groups is 1. The molecule has 2 nitrogen and oxygen atoms in total. The van der Waals surface area contributed by atoms with Gasteiger partial charge >= 0.3 is 0 Å². The molecule has 0 saturated heterocycles. The van der Waals surface area contributed by atoms with E-state index in [0.29, 0.717) is 0 Å². The van der Waals surface area contributed by atoms with Crippen LogP contribution in [-0.4, -0.2) is 17.3 Å². The number of nitrogens with zero attached hydrogens (tertiary/aromatic N) is 1. The fourth-order valence-electron chi connectivity index (χ4n) is 1.22. The minimum Gasteiger partial charge on any atom is -0.330 e. The summed E-state index contributed by atoms with van der Waals surface area (Å²) in [7, 11) is 0. The third kappa shape index (κ3) is 2.26. The third-order valence-corrected chi connectivity index (χ3v) is 4.05. The molecule has 1 heterocycles. The van der Waals surface area contributed by atoms with Gasteiger partial charge in [-0.05, 0) is 12.1 Å². The molecule has 0 aliphatic rings. The van der Waals surface area contributed by atoms with Gasteiger partial charge in [0.05, 0.1) is 10.2 Å². The molecule has 0 aliphatic heterocycles. The molecule has 0 atom stereocenters. The van der Waals surface area contributed by atoms with E-state index in [0.717, 1.165) is 23.6 Å². The van der Waals surface area contributed by atoms with E-state index < -0.39 is 0 Å². The molecule has 0 unspecified atom stereocenters. The largest absolute Gasteiger partial charge is 0.330 e. The third-order valence-electron chi connectivity index (χ3n) is 1.83. The molecule has 2 rings (SSSR count). The highest BCUT2D eigenvalue weighted by Gasteiger charge is 2.01. The van der Waals surface area contributed by atoms with E-state index in [4.69, 9.17) is 5.73 Å². The van der Waals surface area contributed by atoms with Gasteiger partial charge in [0, 0.05) is 18.1 Å². The van der Waals surface area contributed by atoms with Gasteiger partial charge in [0.2, 0.25) is 0 Å². The van der Waals surface area contributed by atoms with Gasteiger partial charge in [-0.2, -0.15) is 11.8 Å². The first-order valence-electron chi connectivity index (χ1n) is 4.52. The number of hydrogen-bond acceptors (Lipinski definition) is 4. The topological polar surface area (TPSA) is 38.9 Å². The van der Waals surface area contributed by atoms with Crippen LogP contribution in [0, 0.1) is 0 Å². The molecule has 14 heavy (non-hydrogen) atoms. The summed E-state index contributed by atoms with van der Waals surface area (Å²) in [6, 6.07) is 8.25. The number of rotatable bonds is 4. The summed E-state index contributed by atoms with van der Waals surface area (Å²) in [6.07, 6.45) is 0. The monoisotopic (exact) mass is 224 g/mol. The molecule has 2 N–H and O–H groups in total. The average Bonchev–Trinajstić information content (AvgIpc) is 2.60. The van der Waals surface area contributed by atoms with Crippen LogP contribution >= 0.6 is 23.1 Å².